The van der Waals surface area contributed by atoms with Gasteiger partial charge in [0.15, 0.2) is 11.5 Å². The van der Waals surface area contributed by atoms with E-state index in [0.717, 1.165) is 0 Å². The van der Waals surface area contributed by atoms with Gasteiger partial charge in [-0.1, -0.05) is 6.07 Å². The number of aromatic hydroxyl groups is 1. The van der Waals surface area contributed by atoms with E-state index in [1.54, 1.807) is 18.2 Å². The van der Waals surface area contributed by atoms with Crippen LogP contribution < -0.4 is 18.9 Å². The number of phenolic OH excluding ortho intramolecular Hbond substituents is 1. The maximum absolute atomic E-state index is 10.9. The van der Waals surface area contributed by atoms with Crippen molar-refractivity contribution >= 4 is 0 Å². The number of fused-ring (bicyclic) bond motifs is 1. The van der Waals surface area contributed by atoms with Gasteiger partial charge >= 0.3 is 0 Å². The quantitative estimate of drug-likeness (QED) is 0.319. The van der Waals surface area contributed by atoms with Gasteiger partial charge in [-0.05, 0) is 17.7 Å². The molecule has 11 heteroatoms. The van der Waals surface area contributed by atoms with Crippen LogP contribution in [0.1, 0.15) is 17.2 Å². The second-order valence-corrected chi connectivity index (χ2v) is 8.16. The fourth-order valence-corrected chi connectivity index (χ4v) is 4.11. The number of ether oxygens (including phenoxy) is 5. The molecular formula is C23H28O11. The van der Waals surface area contributed by atoms with Gasteiger partial charge in [-0.3, -0.25) is 0 Å². The number of aliphatic hydroxyl groups is 5. The zero-order valence-corrected chi connectivity index (χ0v) is 18.6. The number of rotatable bonds is 6. The standard InChI is InChI=1S/C23H28O11/c1-30-11-6-15-12(8-14(26)22(32-15)10-3-4-13(25)17(5-10)31-2)16(7-11)33-23-21(29)20(28)19(27)18(9-24)34-23/h3-7,14,18-29H,8-9H2,1-2H3/t14-,18+,19+,20-,21+,22-,23+/m0/s1. The van der Waals surface area contributed by atoms with Crippen LogP contribution in [0.4, 0.5) is 0 Å². The minimum Gasteiger partial charge on any atom is -0.504 e. The van der Waals surface area contributed by atoms with Crippen LogP contribution in [-0.4, -0.2) is 88.3 Å². The van der Waals surface area contributed by atoms with Gasteiger partial charge < -0.3 is 54.3 Å². The molecule has 2 aliphatic rings. The Bertz CT molecular complexity index is 1010. The van der Waals surface area contributed by atoms with Crippen LogP contribution in [0.3, 0.4) is 0 Å². The van der Waals surface area contributed by atoms with Crippen molar-refractivity contribution in [3.63, 3.8) is 0 Å². The first-order valence-electron chi connectivity index (χ1n) is 10.7. The molecule has 4 rings (SSSR count). The highest BCUT2D eigenvalue weighted by Gasteiger charge is 2.45. The number of phenols is 1. The monoisotopic (exact) mass is 480 g/mol. The average molecular weight is 480 g/mol. The van der Waals surface area contributed by atoms with E-state index in [0.29, 0.717) is 22.6 Å². The Morgan fingerprint density at radius 3 is 2.38 bits per heavy atom. The lowest BCUT2D eigenvalue weighted by atomic mass is 9.93. The summed E-state index contributed by atoms with van der Waals surface area (Å²) in [4.78, 5) is 0. The van der Waals surface area contributed by atoms with Crippen molar-refractivity contribution in [3.8, 4) is 28.7 Å². The first-order chi connectivity index (χ1) is 16.3. The van der Waals surface area contributed by atoms with Crippen LogP contribution in [0, 0.1) is 0 Å². The van der Waals surface area contributed by atoms with E-state index >= 15 is 0 Å². The first kappa shape index (κ1) is 24.3. The highest BCUT2D eigenvalue weighted by Crippen LogP contribution is 2.44. The Balaban J connectivity index is 1.65. The molecule has 0 saturated carbocycles. The minimum absolute atomic E-state index is 0.0474. The third-order valence-corrected chi connectivity index (χ3v) is 6.02. The molecule has 0 bridgehead atoms. The normalized spacial score (nSPS) is 30.7. The van der Waals surface area contributed by atoms with E-state index in [-0.39, 0.29) is 23.7 Å². The maximum atomic E-state index is 10.9. The first-order valence-corrected chi connectivity index (χ1v) is 10.7. The fraction of sp³-hybridized carbons (Fsp3) is 0.478. The molecule has 11 nitrogen and oxygen atoms in total. The smallest absolute Gasteiger partial charge is 0.229 e. The number of benzene rings is 2. The molecule has 7 atom stereocenters. The predicted molar refractivity (Wildman–Crippen MR) is 115 cm³/mol. The van der Waals surface area contributed by atoms with E-state index < -0.39 is 49.5 Å². The number of hydrogen-bond donors (Lipinski definition) is 6. The van der Waals surface area contributed by atoms with Gasteiger partial charge in [0.05, 0.1) is 26.9 Å². The van der Waals surface area contributed by atoms with Gasteiger partial charge in [0, 0.05) is 24.1 Å². The molecule has 6 N–H and O–H groups in total. The molecule has 0 spiro atoms. The molecule has 0 amide bonds. The fourth-order valence-electron chi connectivity index (χ4n) is 4.11. The Hall–Kier alpha value is -2.80. The molecule has 0 aromatic heterocycles. The van der Waals surface area contributed by atoms with Crippen molar-refractivity contribution in [2.45, 2.75) is 49.3 Å². The Labute approximate surface area is 195 Å². The molecule has 2 aromatic carbocycles. The molecule has 2 aromatic rings. The summed E-state index contributed by atoms with van der Waals surface area (Å²) < 4.78 is 27.8. The second-order valence-electron chi connectivity index (χ2n) is 8.16. The highest BCUT2D eigenvalue weighted by molar-refractivity contribution is 5.53. The largest absolute Gasteiger partial charge is 0.504 e. The van der Waals surface area contributed by atoms with Gasteiger partial charge in [0.2, 0.25) is 6.29 Å². The van der Waals surface area contributed by atoms with E-state index in [1.165, 1.54) is 26.4 Å². The van der Waals surface area contributed by atoms with Gasteiger partial charge in [0.25, 0.3) is 0 Å². The molecule has 2 heterocycles. The Kier molecular flexibility index (Phi) is 7.03. The highest BCUT2D eigenvalue weighted by atomic mass is 16.7. The molecule has 34 heavy (non-hydrogen) atoms. The van der Waals surface area contributed by atoms with Crippen molar-refractivity contribution < 1.29 is 54.3 Å². The summed E-state index contributed by atoms with van der Waals surface area (Å²) in [5, 5.41) is 60.6. The van der Waals surface area contributed by atoms with Gasteiger partial charge in [-0.25, -0.2) is 0 Å². The topological polar surface area (TPSA) is 168 Å². The predicted octanol–water partition coefficient (Wildman–Crippen LogP) is -0.375. The summed E-state index contributed by atoms with van der Waals surface area (Å²) in [5.74, 6) is 1.06. The summed E-state index contributed by atoms with van der Waals surface area (Å²) in [5.41, 5.74) is 1.04. The van der Waals surface area contributed by atoms with Crippen LogP contribution in [0.5, 0.6) is 28.7 Å². The third-order valence-electron chi connectivity index (χ3n) is 6.02. The molecular weight excluding hydrogens is 452 g/mol. The summed E-state index contributed by atoms with van der Waals surface area (Å²) in [6.07, 6.45) is -8.98. The van der Waals surface area contributed by atoms with Crippen molar-refractivity contribution in [2.24, 2.45) is 0 Å². The number of aliphatic hydroxyl groups excluding tert-OH is 5. The van der Waals surface area contributed by atoms with E-state index in [4.69, 9.17) is 23.7 Å². The van der Waals surface area contributed by atoms with E-state index in [2.05, 4.69) is 0 Å². The van der Waals surface area contributed by atoms with Crippen molar-refractivity contribution in [3.05, 3.63) is 41.5 Å². The molecule has 0 radical (unpaired) electrons. The van der Waals surface area contributed by atoms with Crippen molar-refractivity contribution in [2.75, 3.05) is 20.8 Å². The van der Waals surface area contributed by atoms with E-state index in [1.807, 2.05) is 0 Å². The lowest BCUT2D eigenvalue weighted by Gasteiger charge is -2.40. The van der Waals surface area contributed by atoms with Gasteiger partial charge in [-0.2, -0.15) is 0 Å². The molecule has 1 saturated heterocycles. The molecule has 0 aliphatic carbocycles. The summed E-state index contributed by atoms with van der Waals surface area (Å²) >= 11 is 0. The lowest BCUT2D eigenvalue weighted by Crippen LogP contribution is -2.60. The molecule has 1 fully saturated rings. The van der Waals surface area contributed by atoms with Crippen LogP contribution in [-0.2, 0) is 11.2 Å². The van der Waals surface area contributed by atoms with Crippen LogP contribution in [0.25, 0.3) is 0 Å². The number of methoxy groups -OCH3 is 2. The maximum Gasteiger partial charge on any atom is 0.229 e. The van der Waals surface area contributed by atoms with Crippen molar-refractivity contribution in [1.29, 1.82) is 0 Å². The zero-order chi connectivity index (χ0) is 24.6. The zero-order valence-electron chi connectivity index (χ0n) is 18.6. The minimum atomic E-state index is -1.61. The summed E-state index contributed by atoms with van der Waals surface area (Å²) in [6.45, 7) is -0.597. The van der Waals surface area contributed by atoms with Gasteiger partial charge in [-0.15, -0.1) is 0 Å². The lowest BCUT2D eigenvalue weighted by molar-refractivity contribution is -0.277. The summed E-state index contributed by atoms with van der Waals surface area (Å²) in [7, 11) is 2.86. The Morgan fingerprint density at radius 2 is 1.71 bits per heavy atom. The molecule has 0 unspecified atom stereocenters. The number of hydrogen-bond acceptors (Lipinski definition) is 11. The summed E-state index contributed by atoms with van der Waals surface area (Å²) in [6, 6.07) is 7.76. The van der Waals surface area contributed by atoms with Crippen LogP contribution in [0.2, 0.25) is 0 Å². The Morgan fingerprint density at radius 1 is 0.941 bits per heavy atom. The van der Waals surface area contributed by atoms with Crippen molar-refractivity contribution in [1.82, 2.24) is 0 Å². The SMILES string of the molecule is COc1cc(O[C@@H]2O[C@H](CO)[C@@H](O)[C@H](O)[C@H]2O)c2c(c1)O[C@@H](c1ccc(O)c(OC)c1)[C@@H](O)C2. The van der Waals surface area contributed by atoms with E-state index in [9.17, 15) is 30.6 Å². The van der Waals surface area contributed by atoms with Gasteiger partial charge in [0.1, 0.15) is 47.8 Å². The van der Waals surface area contributed by atoms with Crippen LogP contribution >= 0.6 is 0 Å². The average Bonchev–Trinajstić information content (AvgIpc) is 2.84. The van der Waals surface area contributed by atoms with Crippen LogP contribution in [0.15, 0.2) is 30.3 Å². The molecule has 186 valence electrons. The molecule has 2 aliphatic heterocycles. The third kappa shape index (κ3) is 4.45. The second kappa shape index (κ2) is 9.82.